The van der Waals surface area contributed by atoms with Crippen molar-refractivity contribution in [3.63, 3.8) is 0 Å². The minimum Gasteiger partial charge on any atom is -0.396 e. The average molecular weight is 851 g/mol. The van der Waals surface area contributed by atoms with Crippen LogP contribution in [0, 0.1) is 35.3 Å². The highest BCUT2D eigenvalue weighted by Gasteiger charge is 2.56. The number of halogens is 2. The van der Waals surface area contributed by atoms with Crippen LogP contribution in [-0.2, 0) is 35.8 Å². The van der Waals surface area contributed by atoms with Crippen molar-refractivity contribution in [2.24, 2.45) is 23.7 Å². The van der Waals surface area contributed by atoms with Gasteiger partial charge in [-0.3, -0.25) is 29.0 Å². The molecule has 0 bridgehead atoms. The quantitative estimate of drug-likeness (QED) is 0.161. The number of allylic oxidation sites excluding steroid dienone is 2. The summed E-state index contributed by atoms with van der Waals surface area (Å²) in [4.78, 5) is 56.2. The Balaban J connectivity index is 0.000000186. The number of aliphatic hydroxyl groups is 2. The minimum atomic E-state index is -0.532. The van der Waals surface area contributed by atoms with Crippen molar-refractivity contribution in [1.29, 1.82) is 0 Å². The monoisotopic (exact) mass is 850 g/mol. The number of aromatic nitrogens is 2. The molecule has 4 aliphatic rings. The van der Waals surface area contributed by atoms with Crippen LogP contribution in [0.3, 0.4) is 0 Å². The van der Waals surface area contributed by atoms with E-state index in [9.17, 15) is 38.2 Å². The van der Waals surface area contributed by atoms with Crippen LogP contribution >= 0.6 is 0 Å². The molecular formula is C48H56F2N6O6. The summed E-state index contributed by atoms with van der Waals surface area (Å²) in [6.07, 6.45) is 7.27. The Labute approximate surface area is 360 Å². The number of carbonyl (C=O) groups is 2. The van der Waals surface area contributed by atoms with Gasteiger partial charge in [-0.2, -0.15) is 0 Å². The van der Waals surface area contributed by atoms with E-state index in [1.165, 1.54) is 12.1 Å². The standard InChI is InChI=1S/2C24H28FN3O3/c2*1-3-7-15-10-11-20-21-17(13-28(20)24(15)31)18(14-29)22(27(21)4-2)23(30)26-12-16-8-5-6-9-19(16)25/h2*3,5-11,17-18,21-22,29H,4,12-14H2,1-2H3,(H,26,30)/b7-3+;7-3-/t2*17-,18-,21+,22-/m00/s1. The third kappa shape index (κ3) is 8.12. The van der Waals surface area contributed by atoms with Gasteiger partial charge in [0.1, 0.15) is 11.6 Å². The van der Waals surface area contributed by atoms with Gasteiger partial charge in [-0.25, -0.2) is 8.78 Å². The van der Waals surface area contributed by atoms with E-state index in [0.29, 0.717) is 48.4 Å². The van der Waals surface area contributed by atoms with E-state index in [2.05, 4.69) is 20.4 Å². The normalized spacial score (nSPS) is 25.0. The number of carbonyl (C=O) groups excluding carboxylic acids is 2. The Morgan fingerprint density at radius 1 is 0.645 bits per heavy atom. The lowest BCUT2D eigenvalue weighted by Crippen LogP contribution is -2.48. The number of aliphatic hydroxyl groups excluding tert-OH is 2. The van der Waals surface area contributed by atoms with Crippen molar-refractivity contribution in [1.82, 2.24) is 29.6 Å². The fraction of sp³-hybridized carbons (Fsp3) is 0.417. The zero-order valence-electron chi connectivity index (χ0n) is 35.6. The molecule has 8 atom stereocenters. The Hall–Kier alpha value is -5.54. The van der Waals surface area contributed by atoms with Crippen molar-refractivity contribution in [3.8, 4) is 0 Å². The Kier molecular flexibility index (Phi) is 13.8. The Bertz CT molecular complexity index is 2300. The number of hydrogen-bond donors (Lipinski definition) is 4. The predicted molar refractivity (Wildman–Crippen MR) is 233 cm³/mol. The maximum atomic E-state index is 13.9. The Morgan fingerprint density at radius 2 is 1.03 bits per heavy atom. The van der Waals surface area contributed by atoms with Gasteiger partial charge >= 0.3 is 0 Å². The lowest BCUT2D eigenvalue weighted by molar-refractivity contribution is -0.128. The van der Waals surface area contributed by atoms with E-state index in [0.717, 1.165) is 11.4 Å². The van der Waals surface area contributed by atoms with E-state index in [4.69, 9.17) is 0 Å². The van der Waals surface area contributed by atoms with E-state index in [-0.39, 0.29) is 96.6 Å². The summed E-state index contributed by atoms with van der Waals surface area (Å²) in [5, 5.41) is 26.1. The largest absolute Gasteiger partial charge is 0.396 e. The summed E-state index contributed by atoms with van der Waals surface area (Å²) >= 11 is 0. The van der Waals surface area contributed by atoms with Gasteiger partial charge in [-0.05, 0) is 63.3 Å². The van der Waals surface area contributed by atoms with Crippen LogP contribution in [0.2, 0.25) is 0 Å². The van der Waals surface area contributed by atoms with Crippen LogP contribution in [0.15, 0.2) is 94.5 Å². The van der Waals surface area contributed by atoms with Crippen LogP contribution in [0.25, 0.3) is 12.2 Å². The SMILES string of the molecule is C/C=C/c1ccc2n(c1=O)C[C@H]1[C@H](CO)[C@@H](C(=O)NCc3ccccc3F)N(CC)[C@@H]21.C/C=C\c1ccc2n(c1=O)C[C@H]1[C@H](CO)[C@@H](C(=O)NCc3ccccc3F)N(CC)[C@@H]21. The first-order valence-corrected chi connectivity index (χ1v) is 21.5. The van der Waals surface area contributed by atoms with Crippen molar-refractivity contribution >= 4 is 24.0 Å². The number of pyridine rings is 2. The lowest BCUT2D eigenvalue weighted by atomic mass is 9.88. The zero-order valence-corrected chi connectivity index (χ0v) is 35.6. The van der Waals surface area contributed by atoms with Crippen LogP contribution in [0.1, 0.15) is 73.4 Å². The molecule has 4 N–H and O–H groups in total. The van der Waals surface area contributed by atoms with E-state index < -0.39 is 12.1 Å². The van der Waals surface area contributed by atoms with Gasteiger partial charge in [-0.15, -0.1) is 0 Å². The molecule has 12 nitrogen and oxygen atoms in total. The fourth-order valence-corrected chi connectivity index (χ4v) is 10.5. The van der Waals surface area contributed by atoms with E-state index in [1.54, 1.807) is 57.7 Å². The molecule has 0 saturated carbocycles. The minimum absolute atomic E-state index is 0.0392. The van der Waals surface area contributed by atoms with E-state index >= 15 is 0 Å². The highest BCUT2D eigenvalue weighted by Crippen LogP contribution is 2.50. The highest BCUT2D eigenvalue weighted by atomic mass is 19.1. The van der Waals surface area contributed by atoms with Gasteiger partial charge in [-0.1, -0.05) is 74.5 Å². The molecule has 8 rings (SSSR count). The van der Waals surface area contributed by atoms with Crippen molar-refractivity contribution < 1.29 is 28.6 Å². The van der Waals surface area contributed by atoms with Crippen LogP contribution < -0.4 is 21.8 Å². The molecule has 2 amide bonds. The third-order valence-electron chi connectivity index (χ3n) is 13.2. The van der Waals surface area contributed by atoms with E-state index in [1.807, 2.05) is 64.1 Å². The number of nitrogens with one attached hydrogen (secondary N) is 2. The zero-order chi connectivity index (χ0) is 44.2. The first-order valence-electron chi connectivity index (χ1n) is 21.5. The molecule has 2 aromatic heterocycles. The first kappa shape index (κ1) is 44.5. The number of nitrogens with zero attached hydrogens (tertiary/aromatic N) is 4. The molecule has 0 unspecified atom stereocenters. The summed E-state index contributed by atoms with van der Waals surface area (Å²) in [5.74, 6) is -1.86. The second kappa shape index (κ2) is 19.2. The summed E-state index contributed by atoms with van der Waals surface area (Å²) in [6, 6.07) is 19.0. The number of amides is 2. The molecule has 62 heavy (non-hydrogen) atoms. The number of likely N-dealkylation sites (tertiary alicyclic amines) is 2. The molecule has 0 spiro atoms. The molecule has 14 heteroatoms. The summed E-state index contributed by atoms with van der Waals surface area (Å²) in [7, 11) is 0. The smallest absolute Gasteiger partial charge is 0.258 e. The maximum absolute atomic E-state index is 13.9. The molecule has 0 radical (unpaired) electrons. The summed E-state index contributed by atoms with van der Waals surface area (Å²) in [5.41, 5.74) is 3.79. The molecule has 2 saturated heterocycles. The molecule has 6 heterocycles. The number of hydrogen-bond acceptors (Lipinski definition) is 8. The number of likely N-dealkylation sites (N-methyl/N-ethyl adjacent to an activating group) is 2. The second-order valence-corrected chi connectivity index (χ2v) is 16.3. The van der Waals surface area contributed by atoms with Crippen molar-refractivity contribution in [3.05, 3.63) is 151 Å². The summed E-state index contributed by atoms with van der Waals surface area (Å²) < 4.78 is 31.4. The number of rotatable bonds is 12. The summed E-state index contributed by atoms with van der Waals surface area (Å²) in [6.45, 7) is 9.72. The number of fused-ring (bicyclic) bond motifs is 6. The second-order valence-electron chi connectivity index (χ2n) is 16.3. The van der Waals surface area contributed by atoms with Crippen LogP contribution in [0.4, 0.5) is 8.78 Å². The third-order valence-corrected chi connectivity index (χ3v) is 13.2. The molecule has 0 aliphatic carbocycles. The average Bonchev–Trinajstić information content (AvgIpc) is 4.02. The van der Waals surface area contributed by atoms with Gasteiger partial charge < -0.3 is 30.0 Å². The van der Waals surface area contributed by atoms with Gasteiger partial charge in [0.2, 0.25) is 11.8 Å². The van der Waals surface area contributed by atoms with Gasteiger partial charge in [0.25, 0.3) is 11.1 Å². The van der Waals surface area contributed by atoms with Crippen molar-refractivity contribution in [2.75, 3.05) is 26.3 Å². The van der Waals surface area contributed by atoms with Crippen LogP contribution in [-0.4, -0.2) is 79.3 Å². The lowest BCUT2D eigenvalue weighted by Gasteiger charge is -2.29. The molecule has 4 aromatic rings. The van der Waals surface area contributed by atoms with Gasteiger partial charge in [0.05, 0.1) is 24.2 Å². The van der Waals surface area contributed by atoms with Gasteiger partial charge in [0, 0.05) is 96.7 Å². The predicted octanol–water partition coefficient (Wildman–Crippen LogP) is 4.64. The molecule has 2 fully saturated rings. The first-order chi connectivity index (χ1) is 30.0. The maximum Gasteiger partial charge on any atom is 0.258 e. The number of benzene rings is 2. The highest BCUT2D eigenvalue weighted by molar-refractivity contribution is 5.83. The Morgan fingerprint density at radius 3 is 1.37 bits per heavy atom. The van der Waals surface area contributed by atoms with Crippen molar-refractivity contribution in [2.45, 2.75) is 78.0 Å². The fourth-order valence-electron chi connectivity index (χ4n) is 10.5. The molecule has 4 aliphatic heterocycles. The molecule has 2 aromatic carbocycles. The topological polar surface area (TPSA) is 149 Å². The van der Waals surface area contributed by atoms with Crippen LogP contribution in [0.5, 0.6) is 0 Å². The molecule has 328 valence electrons. The molecular weight excluding hydrogens is 795 g/mol. The van der Waals surface area contributed by atoms with Gasteiger partial charge in [0.15, 0.2) is 0 Å².